The van der Waals surface area contributed by atoms with E-state index in [-0.39, 0.29) is 11.8 Å². The second kappa shape index (κ2) is 4.59. The zero-order valence-electron chi connectivity index (χ0n) is 11.5. The Morgan fingerprint density at radius 1 is 1.33 bits per heavy atom. The number of methoxy groups -OCH3 is 1. The van der Waals surface area contributed by atoms with Crippen molar-refractivity contribution in [3.05, 3.63) is 0 Å². The monoisotopic (exact) mass is 256 g/mol. The Bertz CT molecular complexity index is 396. The van der Waals surface area contributed by atoms with Crippen molar-refractivity contribution in [3.63, 3.8) is 0 Å². The van der Waals surface area contributed by atoms with E-state index >= 15 is 0 Å². The summed E-state index contributed by atoms with van der Waals surface area (Å²) in [5.41, 5.74) is -1.92. The Balaban J connectivity index is 3.00. The summed E-state index contributed by atoms with van der Waals surface area (Å²) in [6.45, 7) is 4.71. The second-order valence-corrected chi connectivity index (χ2v) is 5.14. The molecule has 2 atom stereocenters. The van der Waals surface area contributed by atoms with Crippen LogP contribution in [-0.2, 0) is 19.1 Å². The average molecular weight is 256 g/mol. The van der Waals surface area contributed by atoms with Gasteiger partial charge < -0.3 is 15.0 Å². The molecule has 0 saturated carbocycles. The standard InChI is InChI=1S/C12H20N2O4/c1-8(15)13-11(2)6-7-12(3,10(17)18-5)14(4)9(11)16/h6-7H2,1-5H3,(H,13,15)/t11-,12-/m1/s1. The van der Waals surface area contributed by atoms with E-state index in [1.165, 1.54) is 18.9 Å². The van der Waals surface area contributed by atoms with Crippen LogP contribution >= 0.6 is 0 Å². The minimum absolute atomic E-state index is 0.263. The minimum Gasteiger partial charge on any atom is -0.467 e. The maximum absolute atomic E-state index is 12.3. The topological polar surface area (TPSA) is 75.7 Å². The normalized spacial score (nSPS) is 32.1. The molecular weight excluding hydrogens is 236 g/mol. The maximum Gasteiger partial charge on any atom is 0.331 e. The van der Waals surface area contributed by atoms with Crippen molar-refractivity contribution >= 4 is 17.8 Å². The number of carbonyl (C=O) groups is 3. The summed E-state index contributed by atoms with van der Waals surface area (Å²) >= 11 is 0. The van der Waals surface area contributed by atoms with Crippen molar-refractivity contribution in [3.8, 4) is 0 Å². The summed E-state index contributed by atoms with van der Waals surface area (Å²) in [7, 11) is 2.85. The number of nitrogens with one attached hydrogen (secondary N) is 1. The van der Waals surface area contributed by atoms with Gasteiger partial charge in [0.25, 0.3) is 0 Å². The first-order valence-electron chi connectivity index (χ1n) is 5.83. The summed E-state index contributed by atoms with van der Waals surface area (Å²) in [5.74, 6) is -0.985. The van der Waals surface area contributed by atoms with Crippen LogP contribution in [0, 0.1) is 0 Å². The first kappa shape index (κ1) is 14.5. The van der Waals surface area contributed by atoms with E-state index in [0.717, 1.165) is 0 Å². The predicted molar refractivity (Wildman–Crippen MR) is 64.6 cm³/mol. The second-order valence-electron chi connectivity index (χ2n) is 5.14. The van der Waals surface area contributed by atoms with E-state index in [4.69, 9.17) is 4.74 Å². The van der Waals surface area contributed by atoms with Crippen LogP contribution in [0.2, 0.25) is 0 Å². The third-order valence-electron chi connectivity index (χ3n) is 3.71. The predicted octanol–water partition coefficient (Wildman–Crippen LogP) is 0.0651. The van der Waals surface area contributed by atoms with Crippen molar-refractivity contribution in [2.75, 3.05) is 14.2 Å². The molecule has 1 fully saturated rings. The minimum atomic E-state index is -0.968. The van der Waals surface area contributed by atoms with Crippen LogP contribution in [0.3, 0.4) is 0 Å². The maximum atomic E-state index is 12.3. The molecule has 0 radical (unpaired) electrons. The zero-order chi connectivity index (χ0) is 14.1. The number of rotatable bonds is 2. The number of hydrogen-bond donors (Lipinski definition) is 1. The lowest BCUT2D eigenvalue weighted by atomic mass is 9.79. The van der Waals surface area contributed by atoms with Crippen LogP contribution in [0.15, 0.2) is 0 Å². The van der Waals surface area contributed by atoms with E-state index in [1.807, 2.05) is 0 Å². The molecule has 1 rings (SSSR count). The SMILES string of the molecule is COC(=O)[C@@]1(C)CC[C@@](C)(NC(C)=O)C(=O)N1C. The van der Waals surface area contributed by atoms with E-state index in [1.54, 1.807) is 20.9 Å². The van der Waals surface area contributed by atoms with Crippen molar-refractivity contribution in [2.24, 2.45) is 0 Å². The van der Waals surface area contributed by atoms with Crippen LogP contribution in [0.4, 0.5) is 0 Å². The summed E-state index contributed by atoms with van der Waals surface area (Å²) in [5, 5.41) is 2.65. The van der Waals surface area contributed by atoms with Crippen molar-refractivity contribution < 1.29 is 19.1 Å². The summed E-state index contributed by atoms with van der Waals surface area (Å²) in [4.78, 5) is 36.6. The highest BCUT2D eigenvalue weighted by Crippen LogP contribution is 2.33. The molecule has 0 aromatic rings. The number of hydrogen-bond acceptors (Lipinski definition) is 4. The molecule has 1 N–H and O–H groups in total. The molecular formula is C12H20N2O4. The lowest BCUT2D eigenvalue weighted by Crippen LogP contribution is -2.68. The molecule has 2 amide bonds. The van der Waals surface area contributed by atoms with Crippen molar-refractivity contribution in [1.82, 2.24) is 10.2 Å². The van der Waals surface area contributed by atoms with Crippen LogP contribution in [0.25, 0.3) is 0 Å². The number of nitrogens with zero attached hydrogens (tertiary/aromatic N) is 1. The van der Waals surface area contributed by atoms with Gasteiger partial charge in [0.2, 0.25) is 11.8 Å². The van der Waals surface area contributed by atoms with E-state index in [0.29, 0.717) is 12.8 Å². The molecule has 18 heavy (non-hydrogen) atoms. The van der Waals surface area contributed by atoms with Gasteiger partial charge in [0.05, 0.1) is 7.11 Å². The fourth-order valence-electron chi connectivity index (χ4n) is 2.33. The van der Waals surface area contributed by atoms with Gasteiger partial charge in [-0.1, -0.05) is 0 Å². The quantitative estimate of drug-likeness (QED) is 0.709. The molecule has 102 valence electrons. The molecule has 1 heterocycles. The fraction of sp³-hybridized carbons (Fsp3) is 0.750. The molecule has 0 bridgehead atoms. The fourth-order valence-corrected chi connectivity index (χ4v) is 2.33. The highest BCUT2D eigenvalue weighted by atomic mass is 16.5. The highest BCUT2D eigenvalue weighted by molar-refractivity contribution is 5.96. The number of carbonyl (C=O) groups excluding carboxylic acids is 3. The Morgan fingerprint density at radius 2 is 1.89 bits per heavy atom. The summed E-state index contributed by atoms with van der Waals surface area (Å²) in [6, 6.07) is 0. The molecule has 1 saturated heterocycles. The zero-order valence-corrected chi connectivity index (χ0v) is 11.5. The Kier molecular flexibility index (Phi) is 3.69. The first-order chi connectivity index (χ1) is 8.17. The Labute approximate surface area is 107 Å². The van der Waals surface area contributed by atoms with E-state index in [2.05, 4.69) is 5.32 Å². The van der Waals surface area contributed by atoms with Crippen molar-refractivity contribution in [2.45, 2.75) is 44.7 Å². The van der Waals surface area contributed by atoms with E-state index < -0.39 is 17.0 Å². The van der Waals surface area contributed by atoms with Crippen molar-refractivity contribution in [1.29, 1.82) is 0 Å². The summed E-state index contributed by atoms with van der Waals surface area (Å²) < 4.78 is 4.74. The van der Waals surface area contributed by atoms with Gasteiger partial charge in [-0.15, -0.1) is 0 Å². The number of piperidine rings is 1. The number of likely N-dealkylation sites (N-methyl/N-ethyl adjacent to an activating group) is 1. The number of likely N-dealkylation sites (tertiary alicyclic amines) is 1. The van der Waals surface area contributed by atoms with Gasteiger partial charge in [0, 0.05) is 14.0 Å². The van der Waals surface area contributed by atoms with Gasteiger partial charge in [0.15, 0.2) is 0 Å². The molecule has 0 spiro atoms. The molecule has 0 aromatic carbocycles. The number of ether oxygens (including phenoxy) is 1. The third-order valence-corrected chi connectivity index (χ3v) is 3.71. The molecule has 0 aromatic heterocycles. The van der Waals surface area contributed by atoms with Crippen LogP contribution < -0.4 is 5.32 Å². The highest BCUT2D eigenvalue weighted by Gasteiger charge is 2.52. The molecule has 0 aliphatic carbocycles. The molecule has 1 aliphatic heterocycles. The van der Waals surface area contributed by atoms with Crippen LogP contribution in [0.1, 0.15) is 33.6 Å². The lowest BCUT2D eigenvalue weighted by Gasteiger charge is -2.47. The van der Waals surface area contributed by atoms with Gasteiger partial charge in [-0.3, -0.25) is 9.59 Å². The smallest absolute Gasteiger partial charge is 0.331 e. The molecule has 1 aliphatic rings. The number of esters is 1. The van der Waals surface area contributed by atoms with Gasteiger partial charge in [-0.2, -0.15) is 0 Å². The molecule has 6 heteroatoms. The molecule has 0 unspecified atom stereocenters. The van der Waals surface area contributed by atoms with Crippen LogP contribution in [-0.4, -0.2) is 47.9 Å². The first-order valence-corrected chi connectivity index (χ1v) is 5.83. The van der Waals surface area contributed by atoms with Gasteiger partial charge in [0.1, 0.15) is 11.1 Å². The van der Waals surface area contributed by atoms with E-state index in [9.17, 15) is 14.4 Å². The lowest BCUT2D eigenvalue weighted by molar-refractivity contribution is -0.167. The Morgan fingerprint density at radius 3 is 2.33 bits per heavy atom. The Hall–Kier alpha value is -1.59. The summed E-state index contributed by atoms with van der Waals surface area (Å²) in [6.07, 6.45) is 0.847. The third kappa shape index (κ3) is 2.19. The number of amides is 2. The largest absolute Gasteiger partial charge is 0.467 e. The average Bonchev–Trinajstić information content (AvgIpc) is 2.30. The van der Waals surface area contributed by atoms with Gasteiger partial charge in [-0.25, -0.2) is 4.79 Å². The van der Waals surface area contributed by atoms with Crippen LogP contribution in [0.5, 0.6) is 0 Å². The van der Waals surface area contributed by atoms with Gasteiger partial charge >= 0.3 is 5.97 Å². The molecule has 6 nitrogen and oxygen atoms in total. The van der Waals surface area contributed by atoms with Gasteiger partial charge in [-0.05, 0) is 26.7 Å².